The molecular formula is C21H28N4O5. The number of hydrogen-bond acceptors (Lipinski definition) is 6. The van der Waals surface area contributed by atoms with E-state index in [9.17, 15) is 14.7 Å². The molecule has 9 nitrogen and oxygen atoms in total. The topological polar surface area (TPSA) is 118 Å². The lowest BCUT2D eigenvalue weighted by atomic mass is 9.86. The molecule has 0 saturated carbocycles. The maximum Gasteiger partial charge on any atom is 0.410 e. The highest BCUT2D eigenvalue weighted by atomic mass is 16.6. The van der Waals surface area contributed by atoms with E-state index in [0.29, 0.717) is 31.6 Å². The summed E-state index contributed by atoms with van der Waals surface area (Å²) in [5, 5.41) is 26.8. The lowest BCUT2D eigenvalue weighted by Crippen LogP contribution is -2.36. The van der Waals surface area contributed by atoms with Crippen molar-refractivity contribution in [3.8, 4) is 5.69 Å². The van der Waals surface area contributed by atoms with Crippen LogP contribution < -0.4 is 0 Å². The first-order valence-corrected chi connectivity index (χ1v) is 9.98. The second-order valence-corrected chi connectivity index (χ2v) is 8.61. The molecule has 1 saturated heterocycles. The lowest BCUT2D eigenvalue weighted by Gasteiger charge is -2.25. The molecule has 30 heavy (non-hydrogen) atoms. The summed E-state index contributed by atoms with van der Waals surface area (Å²) in [5.41, 5.74) is 1.47. The molecular weight excluding hydrogens is 388 g/mol. The molecule has 0 unspecified atom stereocenters. The molecule has 1 aliphatic heterocycles. The summed E-state index contributed by atoms with van der Waals surface area (Å²) in [6, 6.07) is 7.43. The smallest absolute Gasteiger partial charge is 0.410 e. The van der Waals surface area contributed by atoms with Crippen molar-refractivity contribution in [2.45, 2.75) is 45.8 Å². The number of carbonyl (C=O) groups is 2. The van der Waals surface area contributed by atoms with Gasteiger partial charge in [0.05, 0.1) is 24.4 Å². The van der Waals surface area contributed by atoms with E-state index < -0.39 is 23.6 Å². The number of likely N-dealkylation sites (tertiary alicyclic amines) is 1. The average molecular weight is 416 g/mol. The van der Waals surface area contributed by atoms with Crippen LogP contribution in [-0.4, -0.2) is 60.9 Å². The van der Waals surface area contributed by atoms with Crippen LogP contribution in [0.15, 0.2) is 30.5 Å². The SMILES string of the molecule is CC(C)(C)OC(=O)N1CC[C@H]([C@H](Cc2cccc(-n3cc(CO)nn3)c2)C(=O)O)C1. The maximum absolute atomic E-state index is 12.3. The zero-order valence-corrected chi connectivity index (χ0v) is 17.5. The first-order valence-electron chi connectivity index (χ1n) is 9.98. The first-order chi connectivity index (χ1) is 14.2. The highest BCUT2D eigenvalue weighted by Gasteiger charge is 2.37. The first kappa shape index (κ1) is 21.8. The van der Waals surface area contributed by atoms with Crippen LogP contribution >= 0.6 is 0 Å². The fraction of sp³-hybridized carbons (Fsp3) is 0.524. The Morgan fingerprint density at radius 1 is 1.33 bits per heavy atom. The molecule has 9 heteroatoms. The van der Waals surface area contributed by atoms with Gasteiger partial charge in [-0.1, -0.05) is 17.3 Å². The van der Waals surface area contributed by atoms with Gasteiger partial charge in [0.1, 0.15) is 11.3 Å². The standard InChI is InChI=1S/C21H28N4O5/c1-21(2,3)30-20(29)24-8-7-15(11-24)18(19(27)28)10-14-5-4-6-17(9-14)25-12-16(13-26)22-23-25/h4-6,9,12,15,18,26H,7-8,10-11,13H2,1-3H3,(H,27,28)/t15-,18-/m0/s1. The molecule has 3 rings (SSSR count). The number of rotatable bonds is 6. The molecule has 1 fully saturated rings. The second-order valence-electron chi connectivity index (χ2n) is 8.61. The Bertz CT molecular complexity index is 905. The number of amides is 1. The monoisotopic (exact) mass is 416 g/mol. The zero-order valence-electron chi connectivity index (χ0n) is 17.5. The van der Waals surface area contributed by atoms with Crippen LogP contribution in [0.5, 0.6) is 0 Å². The Labute approximate surface area is 175 Å². The molecule has 0 spiro atoms. The third kappa shape index (κ3) is 5.35. The minimum atomic E-state index is -0.875. The molecule has 2 heterocycles. The van der Waals surface area contributed by atoms with Gasteiger partial charge in [0.25, 0.3) is 0 Å². The molecule has 0 bridgehead atoms. The van der Waals surface area contributed by atoms with E-state index in [0.717, 1.165) is 11.3 Å². The number of hydrogen-bond donors (Lipinski definition) is 2. The molecule has 1 aromatic heterocycles. The number of aromatic nitrogens is 3. The Kier molecular flexibility index (Phi) is 6.40. The fourth-order valence-electron chi connectivity index (χ4n) is 3.64. The van der Waals surface area contributed by atoms with E-state index in [1.807, 2.05) is 45.0 Å². The number of carboxylic acids is 1. The summed E-state index contributed by atoms with van der Waals surface area (Å²) in [5.74, 6) is -1.64. The van der Waals surface area contributed by atoms with Crippen LogP contribution in [0.1, 0.15) is 38.4 Å². The van der Waals surface area contributed by atoms with E-state index in [-0.39, 0.29) is 12.5 Å². The number of aliphatic hydroxyl groups excluding tert-OH is 1. The van der Waals surface area contributed by atoms with Gasteiger partial charge in [-0.05, 0) is 57.2 Å². The van der Waals surface area contributed by atoms with Gasteiger partial charge in [0, 0.05) is 13.1 Å². The van der Waals surface area contributed by atoms with E-state index in [1.165, 1.54) is 0 Å². The van der Waals surface area contributed by atoms with Crippen LogP contribution in [0.2, 0.25) is 0 Å². The highest BCUT2D eigenvalue weighted by molar-refractivity contribution is 5.72. The molecule has 2 atom stereocenters. The number of carboxylic acid groups (broad SMARTS) is 1. The number of aliphatic carboxylic acids is 1. The third-order valence-corrected chi connectivity index (χ3v) is 5.10. The van der Waals surface area contributed by atoms with Crippen molar-refractivity contribution in [2.24, 2.45) is 11.8 Å². The molecule has 2 aromatic rings. The summed E-state index contributed by atoms with van der Waals surface area (Å²) in [6.07, 6.45) is 2.20. The minimum Gasteiger partial charge on any atom is -0.481 e. The quantitative estimate of drug-likeness (QED) is 0.741. The van der Waals surface area contributed by atoms with Crippen LogP contribution in [0.25, 0.3) is 5.69 Å². The fourth-order valence-corrected chi connectivity index (χ4v) is 3.64. The highest BCUT2D eigenvalue weighted by Crippen LogP contribution is 2.29. The van der Waals surface area contributed by atoms with Gasteiger partial charge in [0.2, 0.25) is 0 Å². The van der Waals surface area contributed by atoms with Crippen LogP contribution in [0, 0.1) is 11.8 Å². The van der Waals surface area contributed by atoms with Gasteiger partial charge < -0.3 is 19.8 Å². The van der Waals surface area contributed by atoms with Crippen LogP contribution in [0.3, 0.4) is 0 Å². The Hall–Kier alpha value is -2.94. The number of nitrogens with zero attached hydrogens (tertiary/aromatic N) is 4. The number of carbonyl (C=O) groups excluding carboxylic acids is 1. The van der Waals surface area contributed by atoms with Crippen molar-refractivity contribution in [1.82, 2.24) is 19.9 Å². The second kappa shape index (κ2) is 8.83. The van der Waals surface area contributed by atoms with Crippen molar-refractivity contribution in [2.75, 3.05) is 13.1 Å². The van der Waals surface area contributed by atoms with Crippen molar-refractivity contribution in [3.63, 3.8) is 0 Å². The van der Waals surface area contributed by atoms with E-state index in [1.54, 1.807) is 15.8 Å². The predicted octanol–water partition coefficient (Wildman–Crippen LogP) is 2.26. The van der Waals surface area contributed by atoms with Gasteiger partial charge in [-0.2, -0.15) is 0 Å². The van der Waals surface area contributed by atoms with Gasteiger partial charge in [-0.25, -0.2) is 9.48 Å². The van der Waals surface area contributed by atoms with Crippen LogP contribution in [-0.2, 0) is 22.6 Å². The van der Waals surface area contributed by atoms with Crippen molar-refractivity contribution >= 4 is 12.1 Å². The van der Waals surface area contributed by atoms with E-state index in [2.05, 4.69) is 10.3 Å². The van der Waals surface area contributed by atoms with Crippen molar-refractivity contribution < 1.29 is 24.5 Å². The third-order valence-electron chi connectivity index (χ3n) is 5.10. The minimum absolute atomic E-state index is 0.147. The molecule has 0 radical (unpaired) electrons. The summed E-state index contributed by atoms with van der Waals surface area (Å²) < 4.78 is 6.96. The van der Waals surface area contributed by atoms with Gasteiger partial charge in [0.15, 0.2) is 0 Å². The van der Waals surface area contributed by atoms with Gasteiger partial charge in [-0.15, -0.1) is 5.10 Å². The molecule has 1 aliphatic rings. The molecule has 1 aromatic carbocycles. The molecule has 0 aliphatic carbocycles. The number of ether oxygens (including phenoxy) is 1. The van der Waals surface area contributed by atoms with E-state index >= 15 is 0 Å². The average Bonchev–Trinajstić information content (AvgIpc) is 3.34. The van der Waals surface area contributed by atoms with Gasteiger partial charge in [-0.3, -0.25) is 4.79 Å². The van der Waals surface area contributed by atoms with Gasteiger partial charge >= 0.3 is 12.1 Å². The largest absolute Gasteiger partial charge is 0.481 e. The molecule has 1 amide bonds. The summed E-state index contributed by atoms with van der Waals surface area (Å²) in [7, 11) is 0. The summed E-state index contributed by atoms with van der Waals surface area (Å²) in [4.78, 5) is 25.9. The Morgan fingerprint density at radius 3 is 2.73 bits per heavy atom. The number of aliphatic hydroxyl groups is 1. The van der Waals surface area contributed by atoms with Crippen molar-refractivity contribution in [3.05, 3.63) is 41.7 Å². The zero-order chi connectivity index (χ0) is 21.9. The van der Waals surface area contributed by atoms with Crippen LogP contribution in [0.4, 0.5) is 4.79 Å². The summed E-state index contributed by atoms with van der Waals surface area (Å²) >= 11 is 0. The maximum atomic E-state index is 12.3. The Balaban J connectivity index is 1.70. The van der Waals surface area contributed by atoms with Crippen molar-refractivity contribution in [1.29, 1.82) is 0 Å². The molecule has 162 valence electrons. The Morgan fingerprint density at radius 2 is 2.10 bits per heavy atom. The normalized spacial score (nSPS) is 17.7. The summed E-state index contributed by atoms with van der Waals surface area (Å²) in [6.45, 7) is 6.09. The molecule has 2 N–H and O–H groups in total. The van der Waals surface area contributed by atoms with E-state index in [4.69, 9.17) is 9.84 Å². The number of benzene rings is 1. The predicted molar refractivity (Wildman–Crippen MR) is 108 cm³/mol. The lowest BCUT2D eigenvalue weighted by molar-refractivity contribution is -0.143.